The summed E-state index contributed by atoms with van der Waals surface area (Å²) in [5.41, 5.74) is 0.825. The molecule has 2 saturated carbocycles. The van der Waals surface area contributed by atoms with Crippen LogP contribution in [0.1, 0.15) is 93.4 Å². The standard InChI is InChI=1S/C18H32O.C4H10/c1-12-10-17(4,5)16-8-7-13(2)15(9-14(3)19)18(16,6)11-12;1-3-4-2/h12-13,15-16,19H,3,7-11H2,1-2,4-6H3;3-4H2,1-2H3/t12-,13-,15-,16?,18+;/m0./s1. The molecule has 0 aromatic carbocycles. The van der Waals surface area contributed by atoms with E-state index in [1.165, 1.54) is 38.5 Å². The third kappa shape index (κ3) is 4.77. The Morgan fingerprint density at radius 2 is 1.61 bits per heavy atom. The summed E-state index contributed by atoms with van der Waals surface area (Å²) in [6.07, 6.45) is 8.80. The van der Waals surface area contributed by atoms with Gasteiger partial charge in [-0.3, -0.25) is 0 Å². The monoisotopic (exact) mass is 322 g/mol. The molecule has 2 fully saturated rings. The van der Waals surface area contributed by atoms with Crippen LogP contribution in [0.5, 0.6) is 0 Å². The van der Waals surface area contributed by atoms with Crippen LogP contribution in [-0.2, 0) is 0 Å². The first-order valence-electron chi connectivity index (χ1n) is 9.95. The van der Waals surface area contributed by atoms with E-state index in [4.69, 9.17) is 0 Å². The topological polar surface area (TPSA) is 20.2 Å². The van der Waals surface area contributed by atoms with Crippen molar-refractivity contribution in [3.05, 3.63) is 12.3 Å². The molecule has 1 unspecified atom stereocenters. The second-order valence-electron chi connectivity index (χ2n) is 9.49. The molecule has 1 nitrogen and oxygen atoms in total. The van der Waals surface area contributed by atoms with Crippen molar-refractivity contribution in [3.63, 3.8) is 0 Å². The Labute approximate surface area is 146 Å². The Kier molecular flexibility index (Phi) is 7.23. The minimum atomic E-state index is 0.379. The highest BCUT2D eigenvalue weighted by atomic mass is 16.3. The van der Waals surface area contributed by atoms with Gasteiger partial charge in [0.05, 0.1) is 5.76 Å². The maximum atomic E-state index is 9.73. The zero-order chi connectivity index (χ0) is 17.8. The fourth-order valence-electron chi connectivity index (χ4n) is 6.00. The maximum Gasteiger partial charge on any atom is 0.0854 e. The highest BCUT2D eigenvalue weighted by molar-refractivity contribution is 5.06. The van der Waals surface area contributed by atoms with Gasteiger partial charge in [-0.25, -0.2) is 0 Å². The number of fused-ring (bicyclic) bond motifs is 1. The van der Waals surface area contributed by atoms with Crippen molar-refractivity contribution in [1.82, 2.24) is 0 Å². The smallest absolute Gasteiger partial charge is 0.0854 e. The lowest BCUT2D eigenvalue weighted by atomic mass is 9.44. The normalized spacial score (nSPS) is 38.9. The predicted octanol–water partition coefficient (Wildman–Crippen LogP) is 7.38. The van der Waals surface area contributed by atoms with Crippen LogP contribution in [0.3, 0.4) is 0 Å². The van der Waals surface area contributed by atoms with Crippen LogP contribution in [0.4, 0.5) is 0 Å². The fraction of sp³-hybridized carbons (Fsp3) is 0.909. The third-order valence-corrected chi connectivity index (χ3v) is 6.80. The van der Waals surface area contributed by atoms with Crippen LogP contribution < -0.4 is 0 Å². The van der Waals surface area contributed by atoms with E-state index in [9.17, 15) is 5.11 Å². The van der Waals surface area contributed by atoms with Crippen molar-refractivity contribution in [3.8, 4) is 0 Å². The highest BCUT2D eigenvalue weighted by Gasteiger charge is 2.55. The van der Waals surface area contributed by atoms with E-state index in [1.54, 1.807) is 0 Å². The molecule has 0 heterocycles. The number of hydrogen-bond donors (Lipinski definition) is 1. The van der Waals surface area contributed by atoms with Gasteiger partial charge in [-0.05, 0) is 53.8 Å². The molecule has 0 amide bonds. The first-order valence-corrected chi connectivity index (χ1v) is 9.95. The number of aliphatic hydroxyl groups is 1. The second kappa shape index (κ2) is 8.08. The minimum absolute atomic E-state index is 0.379. The molecule has 0 aromatic rings. The maximum absolute atomic E-state index is 9.73. The van der Waals surface area contributed by atoms with Crippen molar-refractivity contribution in [2.75, 3.05) is 0 Å². The first kappa shape index (κ1) is 20.6. The zero-order valence-corrected chi connectivity index (χ0v) is 16.9. The Bertz CT molecular complexity index is 381. The van der Waals surface area contributed by atoms with E-state index in [1.807, 2.05) is 0 Å². The lowest BCUT2D eigenvalue weighted by molar-refractivity contribution is -0.112. The quantitative estimate of drug-likeness (QED) is 0.537. The van der Waals surface area contributed by atoms with E-state index in [2.05, 4.69) is 55.0 Å². The zero-order valence-electron chi connectivity index (χ0n) is 16.9. The van der Waals surface area contributed by atoms with Gasteiger partial charge in [0.1, 0.15) is 0 Å². The van der Waals surface area contributed by atoms with E-state index in [-0.39, 0.29) is 0 Å². The number of hydrogen-bond acceptors (Lipinski definition) is 1. The van der Waals surface area contributed by atoms with Crippen molar-refractivity contribution >= 4 is 0 Å². The molecule has 5 atom stereocenters. The summed E-state index contributed by atoms with van der Waals surface area (Å²) < 4.78 is 0. The summed E-state index contributed by atoms with van der Waals surface area (Å²) >= 11 is 0. The molecule has 0 spiro atoms. The van der Waals surface area contributed by atoms with E-state index < -0.39 is 0 Å². The molecule has 2 aliphatic rings. The molecule has 2 rings (SSSR count). The van der Waals surface area contributed by atoms with Gasteiger partial charge in [-0.2, -0.15) is 0 Å². The summed E-state index contributed by atoms with van der Waals surface area (Å²) in [6, 6.07) is 0. The molecule has 0 aromatic heterocycles. The molecule has 2 aliphatic carbocycles. The number of allylic oxidation sites excluding steroid dienone is 1. The number of rotatable bonds is 3. The molecule has 23 heavy (non-hydrogen) atoms. The molecule has 1 N–H and O–H groups in total. The van der Waals surface area contributed by atoms with Gasteiger partial charge in [-0.15, -0.1) is 0 Å². The lowest BCUT2D eigenvalue weighted by Gasteiger charge is -2.60. The van der Waals surface area contributed by atoms with Gasteiger partial charge >= 0.3 is 0 Å². The van der Waals surface area contributed by atoms with Crippen molar-refractivity contribution in [2.45, 2.75) is 93.4 Å². The van der Waals surface area contributed by atoms with Crippen LogP contribution in [0, 0.1) is 34.5 Å². The summed E-state index contributed by atoms with van der Waals surface area (Å²) in [5, 5.41) is 9.73. The van der Waals surface area contributed by atoms with Crippen LogP contribution >= 0.6 is 0 Å². The lowest BCUT2D eigenvalue weighted by Crippen LogP contribution is -2.53. The van der Waals surface area contributed by atoms with Gasteiger partial charge in [0.2, 0.25) is 0 Å². The van der Waals surface area contributed by atoms with Crippen molar-refractivity contribution in [2.24, 2.45) is 34.5 Å². The van der Waals surface area contributed by atoms with Crippen molar-refractivity contribution < 1.29 is 5.11 Å². The first-order chi connectivity index (χ1) is 10.6. The van der Waals surface area contributed by atoms with Gasteiger partial charge in [-0.1, -0.05) is 74.3 Å². The molecule has 0 aliphatic heterocycles. The Balaban J connectivity index is 0.000000593. The number of unbranched alkanes of at least 4 members (excludes halogenated alkanes) is 1. The van der Waals surface area contributed by atoms with E-state index in [0.29, 0.717) is 28.4 Å². The van der Waals surface area contributed by atoms with Gasteiger partial charge in [0, 0.05) is 6.42 Å². The SMILES string of the molecule is C=C(O)C[C@H]1[C@@H](C)CCC2C(C)(C)C[C@H](C)C[C@@]21C.CCCC. The Hall–Kier alpha value is -0.460. The van der Waals surface area contributed by atoms with Gasteiger partial charge in [0.15, 0.2) is 0 Å². The third-order valence-electron chi connectivity index (χ3n) is 6.80. The molecule has 0 bridgehead atoms. The number of aliphatic hydroxyl groups excluding tert-OH is 1. The van der Waals surface area contributed by atoms with Crippen LogP contribution in [0.15, 0.2) is 12.3 Å². The molecular weight excluding hydrogens is 280 g/mol. The summed E-state index contributed by atoms with van der Waals surface area (Å²) in [6.45, 7) is 20.3. The Morgan fingerprint density at radius 1 is 1.04 bits per heavy atom. The largest absolute Gasteiger partial charge is 0.513 e. The van der Waals surface area contributed by atoms with E-state index >= 15 is 0 Å². The average Bonchev–Trinajstić information content (AvgIpc) is 2.41. The molecule has 0 radical (unpaired) electrons. The highest BCUT2D eigenvalue weighted by Crippen LogP contribution is 2.63. The predicted molar refractivity (Wildman–Crippen MR) is 103 cm³/mol. The molecule has 0 saturated heterocycles. The Morgan fingerprint density at radius 3 is 2.09 bits per heavy atom. The molecule has 1 heteroatoms. The summed E-state index contributed by atoms with van der Waals surface area (Å²) in [5.74, 6) is 3.31. The molecular formula is C22H42O. The van der Waals surface area contributed by atoms with Gasteiger partial charge in [0.25, 0.3) is 0 Å². The summed E-state index contributed by atoms with van der Waals surface area (Å²) in [4.78, 5) is 0. The minimum Gasteiger partial charge on any atom is -0.513 e. The van der Waals surface area contributed by atoms with Crippen molar-refractivity contribution in [1.29, 1.82) is 0 Å². The van der Waals surface area contributed by atoms with Crippen LogP contribution in [-0.4, -0.2) is 5.11 Å². The summed E-state index contributed by atoms with van der Waals surface area (Å²) in [7, 11) is 0. The second-order valence-corrected chi connectivity index (χ2v) is 9.49. The fourth-order valence-corrected chi connectivity index (χ4v) is 6.00. The van der Waals surface area contributed by atoms with Crippen LogP contribution in [0.25, 0.3) is 0 Å². The molecule has 136 valence electrons. The average molecular weight is 323 g/mol. The van der Waals surface area contributed by atoms with Crippen LogP contribution in [0.2, 0.25) is 0 Å². The van der Waals surface area contributed by atoms with Gasteiger partial charge < -0.3 is 5.11 Å². The van der Waals surface area contributed by atoms with E-state index in [0.717, 1.165) is 18.3 Å².